The predicted octanol–water partition coefficient (Wildman–Crippen LogP) is -1.95. The molecule has 0 aromatic rings. The van der Waals surface area contributed by atoms with Gasteiger partial charge in [0.25, 0.3) is 0 Å². The number of hydrogen-bond donors (Lipinski definition) is 3. The van der Waals surface area contributed by atoms with Crippen LogP contribution in [0.5, 0.6) is 0 Å². The van der Waals surface area contributed by atoms with Crippen molar-refractivity contribution in [2.24, 2.45) is 5.73 Å². The third-order valence-electron chi connectivity index (χ3n) is 2.09. The highest BCUT2D eigenvalue weighted by Crippen LogP contribution is 2.08. The van der Waals surface area contributed by atoms with Crippen LogP contribution >= 0.6 is 0 Å². The Balaban J connectivity index is 2.30. The number of ether oxygens (including phenoxy) is 1. The van der Waals surface area contributed by atoms with Gasteiger partial charge >= 0.3 is 0 Å². The molecule has 1 rings (SSSR count). The highest BCUT2D eigenvalue weighted by atomic mass is 16.5. The number of methoxy groups -OCH3 is 1. The van der Waals surface area contributed by atoms with Gasteiger partial charge in [-0.3, -0.25) is 10.1 Å². The zero-order chi connectivity index (χ0) is 9.03. The minimum atomic E-state index is -0.529. The second kappa shape index (κ2) is 3.84. The molecule has 5 nitrogen and oxygen atoms in total. The number of nitrogens with one attached hydrogen (secondary N) is 2. The van der Waals surface area contributed by atoms with Crippen LogP contribution in [0.3, 0.4) is 0 Å². The lowest BCUT2D eigenvalue weighted by Crippen LogP contribution is -2.74. The number of amides is 1. The fourth-order valence-electron chi connectivity index (χ4n) is 1.15. The minimum absolute atomic E-state index is 0.294. The van der Waals surface area contributed by atoms with Crippen molar-refractivity contribution < 1.29 is 9.53 Å². The van der Waals surface area contributed by atoms with Gasteiger partial charge in [-0.15, -0.1) is 0 Å². The van der Waals surface area contributed by atoms with E-state index in [1.807, 2.05) is 0 Å². The molecule has 70 valence electrons. The summed E-state index contributed by atoms with van der Waals surface area (Å²) in [6.07, 6.45) is 0. The van der Waals surface area contributed by atoms with Crippen LogP contribution < -0.4 is 16.4 Å². The van der Waals surface area contributed by atoms with Crippen molar-refractivity contribution in [1.29, 1.82) is 0 Å². The second-order valence-electron chi connectivity index (χ2n) is 2.97. The predicted molar refractivity (Wildman–Crippen MR) is 44.7 cm³/mol. The monoisotopic (exact) mass is 173 g/mol. The van der Waals surface area contributed by atoms with Crippen LogP contribution in [0, 0.1) is 0 Å². The summed E-state index contributed by atoms with van der Waals surface area (Å²) in [6.45, 7) is 2.48. The SMILES string of the molecule is COCCNC1(C(N)=O)CNC1. The fourth-order valence-corrected chi connectivity index (χ4v) is 1.15. The number of hydrogen-bond acceptors (Lipinski definition) is 4. The lowest BCUT2D eigenvalue weighted by molar-refractivity contribution is -0.126. The fraction of sp³-hybridized carbons (Fsp3) is 0.857. The van der Waals surface area contributed by atoms with Crippen molar-refractivity contribution in [3.05, 3.63) is 0 Å². The van der Waals surface area contributed by atoms with Gasteiger partial charge in [0.1, 0.15) is 5.54 Å². The van der Waals surface area contributed by atoms with Gasteiger partial charge in [-0.25, -0.2) is 0 Å². The molecule has 1 aliphatic heterocycles. The molecular weight excluding hydrogens is 158 g/mol. The quantitative estimate of drug-likeness (QED) is 0.422. The first-order valence-electron chi connectivity index (χ1n) is 3.96. The molecule has 1 amide bonds. The molecule has 0 aliphatic carbocycles. The van der Waals surface area contributed by atoms with Crippen LogP contribution in [0.25, 0.3) is 0 Å². The number of nitrogens with two attached hydrogens (primary N) is 1. The molecule has 0 unspecified atom stereocenters. The van der Waals surface area contributed by atoms with E-state index < -0.39 is 5.54 Å². The Morgan fingerprint density at radius 3 is 2.75 bits per heavy atom. The van der Waals surface area contributed by atoms with Gasteiger partial charge in [-0.05, 0) is 0 Å². The zero-order valence-electron chi connectivity index (χ0n) is 7.22. The van der Waals surface area contributed by atoms with Crippen molar-refractivity contribution in [3.8, 4) is 0 Å². The van der Waals surface area contributed by atoms with E-state index in [1.54, 1.807) is 7.11 Å². The van der Waals surface area contributed by atoms with E-state index in [2.05, 4.69) is 10.6 Å². The molecule has 0 atom stereocenters. The normalized spacial score (nSPS) is 20.1. The van der Waals surface area contributed by atoms with Crippen molar-refractivity contribution in [2.45, 2.75) is 5.54 Å². The lowest BCUT2D eigenvalue weighted by atomic mass is 9.92. The van der Waals surface area contributed by atoms with E-state index in [-0.39, 0.29) is 5.91 Å². The van der Waals surface area contributed by atoms with Crippen molar-refractivity contribution >= 4 is 5.91 Å². The van der Waals surface area contributed by atoms with E-state index in [9.17, 15) is 4.79 Å². The van der Waals surface area contributed by atoms with E-state index >= 15 is 0 Å². The third kappa shape index (κ3) is 1.74. The third-order valence-corrected chi connectivity index (χ3v) is 2.09. The zero-order valence-corrected chi connectivity index (χ0v) is 7.22. The average Bonchev–Trinajstić information content (AvgIpc) is 1.94. The first kappa shape index (κ1) is 9.44. The van der Waals surface area contributed by atoms with Gasteiger partial charge in [0.05, 0.1) is 6.61 Å². The Kier molecular flexibility index (Phi) is 3.02. The van der Waals surface area contributed by atoms with Crippen LogP contribution in [-0.2, 0) is 9.53 Å². The van der Waals surface area contributed by atoms with Crippen LogP contribution in [0.2, 0.25) is 0 Å². The van der Waals surface area contributed by atoms with Crippen molar-refractivity contribution in [3.63, 3.8) is 0 Å². The Labute approximate surface area is 71.6 Å². The summed E-state index contributed by atoms with van der Waals surface area (Å²) in [7, 11) is 1.62. The van der Waals surface area contributed by atoms with Crippen molar-refractivity contribution in [2.75, 3.05) is 33.4 Å². The molecule has 0 spiro atoms. The van der Waals surface area contributed by atoms with E-state index in [0.717, 1.165) is 0 Å². The number of rotatable bonds is 5. The average molecular weight is 173 g/mol. The van der Waals surface area contributed by atoms with Gasteiger partial charge in [0.15, 0.2) is 0 Å². The highest BCUT2D eigenvalue weighted by Gasteiger charge is 2.41. The molecular formula is C7H15N3O2. The number of carbonyl (C=O) groups excluding carboxylic acids is 1. The molecule has 4 N–H and O–H groups in total. The molecule has 12 heavy (non-hydrogen) atoms. The van der Waals surface area contributed by atoms with Crippen LogP contribution in [0.1, 0.15) is 0 Å². The van der Waals surface area contributed by atoms with Crippen LogP contribution in [0.4, 0.5) is 0 Å². The van der Waals surface area contributed by atoms with Gasteiger partial charge in [-0.2, -0.15) is 0 Å². The highest BCUT2D eigenvalue weighted by molar-refractivity contribution is 5.86. The maximum atomic E-state index is 11.0. The van der Waals surface area contributed by atoms with Gasteiger partial charge in [0.2, 0.25) is 5.91 Å². The van der Waals surface area contributed by atoms with Gasteiger partial charge < -0.3 is 15.8 Å². The Bertz CT molecular complexity index is 168. The van der Waals surface area contributed by atoms with Gasteiger partial charge in [0, 0.05) is 26.7 Å². The molecule has 1 fully saturated rings. The number of carbonyl (C=O) groups is 1. The van der Waals surface area contributed by atoms with Crippen molar-refractivity contribution in [1.82, 2.24) is 10.6 Å². The van der Waals surface area contributed by atoms with E-state index in [4.69, 9.17) is 10.5 Å². The molecule has 1 aliphatic rings. The number of primary amides is 1. The van der Waals surface area contributed by atoms with E-state index in [1.165, 1.54) is 0 Å². The molecule has 0 aromatic carbocycles. The maximum absolute atomic E-state index is 11.0. The molecule has 0 bridgehead atoms. The summed E-state index contributed by atoms with van der Waals surface area (Å²) >= 11 is 0. The summed E-state index contributed by atoms with van der Waals surface area (Å²) in [6, 6.07) is 0. The summed E-state index contributed by atoms with van der Waals surface area (Å²) in [5, 5.41) is 6.08. The first-order chi connectivity index (χ1) is 5.71. The first-order valence-corrected chi connectivity index (χ1v) is 3.96. The Morgan fingerprint density at radius 2 is 2.42 bits per heavy atom. The lowest BCUT2D eigenvalue weighted by Gasteiger charge is -2.40. The van der Waals surface area contributed by atoms with Gasteiger partial charge in [-0.1, -0.05) is 0 Å². The smallest absolute Gasteiger partial charge is 0.240 e. The summed E-state index contributed by atoms with van der Waals surface area (Å²) in [5.41, 5.74) is 4.70. The molecule has 1 saturated heterocycles. The molecule has 0 aromatic heterocycles. The van der Waals surface area contributed by atoms with E-state index in [0.29, 0.717) is 26.2 Å². The summed E-state index contributed by atoms with van der Waals surface area (Å²) in [4.78, 5) is 11.0. The largest absolute Gasteiger partial charge is 0.383 e. The summed E-state index contributed by atoms with van der Waals surface area (Å²) in [5.74, 6) is -0.294. The molecule has 0 radical (unpaired) electrons. The summed E-state index contributed by atoms with van der Waals surface area (Å²) < 4.78 is 4.85. The molecule has 1 heterocycles. The Morgan fingerprint density at radius 1 is 1.75 bits per heavy atom. The minimum Gasteiger partial charge on any atom is -0.383 e. The topological polar surface area (TPSA) is 76.4 Å². The van der Waals surface area contributed by atoms with Crippen LogP contribution in [-0.4, -0.2) is 44.8 Å². The molecule has 0 saturated carbocycles. The molecule has 5 heteroatoms. The van der Waals surface area contributed by atoms with Crippen LogP contribution in [0.15, 0.2) is 0 Å². The standard InChI is InChI=1S/C7H15N3O2/c1-12-3-2-10-7(6(8)11)4-9-5-7/h9-10H,2-5H2,1H3,(H2,8,11). The second-order valence-corrected chi connectivity index (χ2v) is 2.97. The maximum Gasteiger partial charge on any atom is 0.240 e. The Hall–Kier alpha value is -0.650.